The average Bonchev–Trinajstić information content (AvgIpc) is 2.70. The Hall–Kier alpha value is -1.95. The number of nitrogens with zero attached hydrogens (tertiary/aromatic N) is 3. The Morgan fingerprint density at radius 2 is 2.16 bits per heavy atom. The highest BCUT2D eigenvalue weighted by molar-refractivity contribution is 6.02. The number of amides is 3. The van der Waals surface area contributed by atoms with E-state index in [0.29, 0.717) is 0 Å². The van der Waals surface area contributed by atoms with Gasteiger partial charge < -0.3 is 5.32 Å². The van der Waals surface area contributed by atoms with Gasteiger partial charge in [-0.2, -0.15) is 0 Å². The third-order valence-corrected chi connectivity index (χ3v) is 3.80. The van der Waals surface area contributed by atoms with Crippen molar-refractivity contribution < 1.29 is 9.59 Å². The van der Waals surface area contributed by atoms with E-state index in [-0.39, 0.29) is 30.6 Å². The van der Waals surface area contributed by atoms with Crippen LogP contribution in [0, 0.1) is 0 Å². The van der Waals surface area contributed by atoms with Gasteiger partial charge >= 0.3 is 6.03 Å². The molecule has 3 rings (SSSR count). The van der Waals surface area contributed by atoms with Crippen molar-refractivity contribution in [3.63, 3.8) is 0 Å². The Bertz CT molecular complexity index is 483. The molecule has 6 heteroatoms. The molecular formula is C13H16N4O2. The number of nitrogens with one attached hydrogen (secondary N) is 1. The van der Waals surface area contributed by atoms with E-state index < -0.39 is 0 Å². The summed E-state index contributed by atoms with van der Waals surface area (Å²) in [5.41, 5.74) is 1.01. The zero-order valence-corrected chi connectivity index (χ0v) is 10.7. The standard InChI is InChI=1S/C13H16N4O2/c1-9(11-4-2-3-5-14-11)16-7-10(8-16)17-12(18)6-15-13(17)19/h2-5,9-10H,6-8H2,1H3,(H,15,19). The lowest BCUT2D eigenvalue weighted by Crippen LogP contribution is -2.61. The first-order valence-corrected chi connectivity index (χ1v) is 6.41. The fourth-order valence-electron chi connectivity index (χ4n) is 2.58. The van der Waals surface area contributed by atoms with Crippen LogP contribution in [0.15, 0.2) is 24.4 Å². The lowest BCUT2D eigenvalue weighted by molar-refractivity contribution is -0.129. The van der Waals surface area contributed by atoms with Crippen molar-refractivity contribution in [1.82, 2.24) is 20.1 Å². The van der Waals surface area contributed by atoms with E-state index in [9.17, 15) is 9.59 Å². The van der Waals surface area contributed by atoms with Crippen LogP contribution in [0.3, 0.4) is 0 Å². The molecule has 1 N–H and O–H groups in total. The minimum Gasteiger partial charge on any atom is -0.329 e. The molecule has 100 valence electrons. The lowest BCUT2D eigenvalue weighted by atomic mass is 10.0. The molecule has 2 aliphatic heterocycles. The first kappa shape index (κ1) is 12.1. The van der Waals surface area contributed by atoms with Crippen molar-refractivity contribution in [3.8, 4) is 0 Å². The second-order valence-corrected chi connectivity index (χ2v) is 4.96. The minimum absolute atomic E-state index is 0.00108. The quantitative estimate of drug-likeness (QED) is 0.798. The number of imide groups is 1. The highest BCUT2D eigenvalue weighted by atomic mass is 16.2. The Morgan fingerprint density at radius 1 is 1.37 bits per heavy atom. The zero-order chi connectivity index (χ0) is 13.4. The van der Waals surface area contributed by atoms with Gasteiger partial charge in [-0.05, 0) is 19.1 Å². The topological polar surface area (TPSA) is 65.5 Å². The van der Waals surface area contributed by atoms with Crippen molar-refractivity contribution in [1.29, 1.82) is 0 Å². The van der Waals surface area contributed by atoms with Gasteiger partial charge in [0.25, 0.3) is 0 Å². The summed E-state index contributed by atoms with van der Waals surface area (Å²) in [6, 6.07) is 5.79. The average molecular weight is 260 g/mol. The maximum atomic E-state index is 11.6. The molecule has 0 radical (unpaired) electrons. The van der Waals surface area contributed by atoms with Gasteiger partial charge in [0.1, 0.15) is 0 Å². The minimum atomic E-state index is -0.264. The number of hydrogen-bond acceptors (Lipinski definition) is 4. The highest BCUT2D eigenvalue weighted by Gasteiger charge is 2.42. The third-order valence-electron chi connectivity index (χ3n) is 3.80. The fraction of sp³-hybridized carbons (Fsp3) is 0.462. The van der Waals surface area contributed by atoms with E-state index >= 15 is 0 Å². The number of carbonyl (C=O) groups excluding carboxylic acids is 2. The fourth-order valence-corrected chi connectivity index (χ4v) is 2.58. The Kier molecular flexibility index (Phi) is 2.94. The molecule has 3 heterocycles. The Morgan fingerprint density at radius 3 is 2.74 bits per heavy atom. The predicted octanol–water partition coefficient (Wildman–Crippen LogP) is 0.379. The zero-order valence-electron chi connectivity index (χ0n) is 10.7. The second kappa shape index (κ2) is 4.62. The van der Waals surface area contributed by atoms with Crippen molar-refractivity contribution in [2.45, 2.75) is 19.0 Å². The van der Waals surface area contributed by atoms with E-state index in [1.807, 2.05) is 18.2 Å². The molecule has 0 aromatic carbocycles. The van der Waals surface area contributed by atoms with E-state index in [1.165, 1.54) is 4.90 Å². The second-order valence-electron chi connectivity index (χ2n) is 4.96. The number of carbonyl (C=O) groups is 2. The highest BCUT2D eigenvalue weighted by Crippen LogP contribution is 2.27. The van der Waals surface area contributed by atoms with Crippen LogP contribution in [0.2, 0.25) is 0 Å². The summed E-state index contributed by atoms with van der Waals surface area (Å²) in [4.78, 5) is 31.0. The third kappa shape index (κ3) is 2.08. The number of hydrogen-bond donors (Lipinski definition) is 1. The maximum Gasteiger partial charge on any atom is 0.324 e. The maximum absolute atomic E-state index is 11.6. The Balaban J connectivity index is 1.61. The van der Waals surface area contributed by atoms with Gasteiger partial charge in [0.15, 0.2) is 0 Å². The molecule has 0 saturated carbocycles. The summed E-state index contributed by atoms with van der Waals surface area (Å²) in [6.45, 7) is 3.66. The van der Waals surface area contributed by atoms with Gasteiger partial charge in [-0.25, -0.2) is 4.79 Å². The van der Waals surface area contributed by atoms with Crippen LogP contribution in [-0.2, 0) is 4.79 Å². The summed E-state index contributed by atoms with van der Waals surface area (Å²) < 4.78 is 0. The van der Waals surface area contributed by atoms with E-state index in [0.717, 1.165) is 18.8 Å². The van der Waals surface area contributed by atoms with E-state index in [2.05, 4.69) is 22.1 Å². The first-order chi connectivity index (χ1) is 9.16. The molecule has 1 aromatic heterocycles. The van der Waals surface area contributed by atoms with Crippen molar-refractivity contribution in [2.24, 2.45) is 0 Å². The van der Waals surface area contributed by atoms with E-state index in [1.54, 1.807) is 6.20 Å². The summed E-state index contributed by atoms with van der Waals surface area (Å²) in [5.74, 6) is -0.125. The number of pyridine rings is 1. The van der Waals surface area contributed by atoms with Crippen LogP contribution in [0.25, 0.3) is 0 Å². The van der Waals surface area contributed by atoms with Gasteiger partial charge in [0.2, 0.25) is 5.91 Å². The summed E-state index contributed by atoms with van der Waals surface area (Å²) in [6.07, 6.45) is 1.78. The summed E-state index contributed by atoms with van der Waals surface area (Å²) in [5, 5.41) is 2.55. The molecule has 0 bridgehead atoms. The molecule has 1 atom stereocenters. The molecule has 0 spiro atoms. The molecule has 1 unspecified atom stereocenters. The predicted molar refractivity (Wildman–Crippen MR) is 68.3 cm³/mol. The molecule has 1 aromatic rings. The van der Waals surface area contributed by atoms with Crippen molar-refractivity contribution in [2.75, 3.05) is 19.6 Å². The number of aromatic nitrogens is 1. The normalized spacial score (nSPS) is 22.3. The molecule has 2 aliphatic rings. The molecule has 2 saturated heterocycles. The number of likely N-dealkylation sites (tertiary alicyclic amines) is 1. The van der Waals surface area contributed by atoms with Crippen LogP contribution in [0.4, 0.5) is 4.79 Å². The van der Waals surface area contributed by atoms with Gasteiger partial charge in [0, 0.05) is 25.3 Å². The van der Waals surface area contributed by atoms with Crippen LogP contribution in [0.1, 0.15) is 18.7 Å². The smallest absolute Gasteiger partial charge is 0.324 e. The van der Waals surface area contributed by atoms with Crippen molar-refractivity contribution in [3.05, 3.63) is 30.1 Å². The number of rotatable bonds is 3. The van der Waals surface area contributed by atoms with Crippen LogP contribution < -0.4 is 5.32 Å². The van der Waals surface area contributed by atoms with Crippen LogP contribution in [0.5, 0.6) is 0 Å². The van der Waals surface area contributed by atoms with Gasteiger partial charge in [0.05, 0.1) is 18.3 Å². The molecule has 6 nitrogen and oxygen atoms in total. The summed E-state index contributed by atoms with van der Waals surface area (Å²) in [7, 11) is 0. The Labute approximate surface area is 111 Å². The molecule has 2 fully saturated rings. The lowest BCUT2D eigenvalue weighted by Gasteiger charge is -2.45. The molecule has 0 aliphatic carbocycles. The molecule has 3 amide bonds. The number of urea groups is 1. The molecule has 19 heavy (non-hydrogen) atoms. The van der Waals surface area contributed by atoms with Gasteiger partial charge in [-0.3, -0.25) is 19.6 Å². The van der Waals surface area contributed by atoms with Gasteiger partial charge in [-0.15, -0.1) is 0 Å². The molecular weight excluding hydrogens is 244 g/mol. The first-order valence-electron chi connectivity index (χ1n) is 6.41. The largest absolute Gasteiger partial charge is 0.329 e. The van der Waals surface area contributed by atoms with Crippen LogP contribution in [-0.4, -0.2) is 52.4 Å². The van der Waals surface area contributed by atoms with E-state index in [4.69, 9.17) is 0 Å². The van der Waals surface area contributed by atoms with Crippen molar-refractivity contribution >= 4 is 11.9 Å². The SMILES string of the molecule is CC(c1ccccn1)N1CC(N2C(=O)CNC2=O)C1. The van der Waals surface area contributed by atoms with Gasteiger partial charge in [-0.1, -0.05) is 6.07 Å². The summed E-state index contributed by atoms with van der Waals surface area (Å²) >= 11 is 0. The van der Waals surface area contributed by atoms with Crippen LogP contribution >= 0.6 is 0 Å². The monoisotopic (exact) mass is 260 g/mol.